The highest BCUT2D eigenvalue weighted by atomic mass is 19.4. The molecule has 0 nitrogen and oxygen atoms in total. The summed E-state index contributed by atoms with van der Waals surface area (Å²) in [7, 11) is 0. The Labute approximate surface area is 185 Å². The number of rotatable bonds is 11. The van der Waals surface area contributed by atoms with Gasteiger partial charge in [-0.3, -0.25) is 0 Å². The molecule has 35 heavy (non-hydrogen) atoms. The molecular weight excluding hydrogens is 539 g/mol. The lowest BCUT2D eigenvalue weighted by Crippen LogP contribution is -2.72. The monoisotopic (exact) mass is 552 g/mol. The van der Waals surface area contributed by atoms with Crippen LogP contribution < -0.4 is 0 Å². The van der Waals surface area contributed by atoms with Crippen LogP contribution in [0.15, 0.2) is 30.3 Å². The number of hydrogen-bond acceptors (Lipinski definition) is 0. The van der Waals surface area contributed by atoms with Crippen LogP contribution in [0.5, 0.6) is 0 Å². The summed E-state index contributed by atoms with van der Waals surface area (Å²) in [5.74, 6) is -52.3. The van der Waals surface area contributed by atoms with E-state index in [-0.39, 0.29) is 12.1 Å². The normalized spacial score (nSPS) is 15.5. The van der Waals surface area contributed by atoms with Gasteiger partial charge in [0.2, 0.25) is 0 Å². The minimum atomic E-state index is -8.22. The van der Waals surface area contributed by atoms with E-state index >= 15 is 0 Å². The highest BCUT2D eigenvalue weighted by Crippen LogP contribution is 2.64. The molecule has 1 aromatic carbocycles. The fraction of sp³-hybridized carbons (Fsp3) is 0.667. The Morgan fingerprint density at radius 2 is 0.800 bits per heavy atom. The number of unbranched alkanes of at least 4 members (excludes halogenated alkanes) is 1. The second kappa shape index (κ2) is 9.16. The van der Waals surface area contributed by atoms with Gasteiger partial charge < -0.3 is 0 Å². The number of halogens is 17. The molecule has 0 unspecified atom stereocenters. The maximum absolute atomic E-state index is 13.9. The maximum Gasteiger partial charge on any atom is 0.389 e. The molecule has 0 aromatic heterocycles. The molecule has 0 amide bonds. The van der Waals surface area contributed by atoms with Crippen molar-refractivity contribution in [3.05, 3.63) is 35.9 Å². The molecule has 0 saturated carbocycles. The molecule has 204 valence electrons. The molecule has 0 fully saturated rings. The molecule has 1 aromatic rings. The van der Waals surface area contributed by atoms with Crippen molar-refractivity contribution < 1.29 is 74.6 Å². The van der Waals surface area contributed by atoms with Crippen molar-refractivity contribution in [1.29, 1.82) is 0 Å². The summed E-state index contributed by atoms with van der Waals surface area (Å²) in [5.41, 5.74) is -2.13. The summed E-state index contributed by atoms with van der Waals surface area (Å²) in [6, 6.07) is 1.83. The molecule has 0 bridgehead atoms. The van der Waals surface area contributed by atoms with E-state index in [1.54, 1.807) is 0 Å². The van der Waals surface area contributed by atoms with Crippen LogP contribution in [0.25, 0.3) is 0 Å². The molecule has 0 spiro atoms. The van der Waals surface area contributed by atoms with Crippen molar-refractivity contribution in [2.75, 3.05) is 0 Å². The van der Waals surface area contributed by atoms with Gasteiger partial charge in [0, 0.05) is 18.4 Å². The van der Waals surface area contributed by atoms with Gasteiger partial charge in [-0.1, -0.05) is 30.3 Å². The first kappa shape index (κ1) is 31.1. The fourth-order valence-corrected chi connectivity index (χ4v) is 2.68. The molecule has 0 atom stereocenters. The molecule has 0 aliphatic rings. The largest absolute Gasteiger partial charge is 0.389 e. The van der Waals surface area contributed by atoms with Crippen LogP contribution in [0.2, 0.25) is 0 Å². The summed E-state index contributed by atoms with van der Waals surface area (Å²) in [4.78, 5) is 0. The Bertz CT molecular complexity index is 838. The summed E-state index contributed by atoms with van der Waals surface area (Å²) < 4.78 is 229. The Hall–Kier alpha value is -1.97. The first-order valence-corrected chi connectivity index (χ1v) is 9.08. The molecule has 17 heteroatoms. The van der Waals surface area contributed by atoms with E-state index < -0.39 is 78.9 Å². The van der Waals surface area contributed by atoms with E-state index in [0.717, 1.165) is 6.07 Å². The summed E-state index contributed by atoms with van der Waals surface area (Å²) >= 11 is 0. The van der Waals surface area contributed by atoms with Crippen LogP contribution in [0.3, 0.4) is 0 Å². The van der Waals surface area contributed by atoms with Crippen molar-refractivity contribution in [3.63, 3.8) is 0 Å². The van der Waals surface area contributed by atoms with Gasteiger partial charge in [0.25, 0.3) is 0 Å². The van der Waals surface area contributed by atoms with Gasteiger partial charge in [0.05, 0.1) is 0 Å². The van der Waals surface area contributed by atoms with Crippen LogP contribution >= 0.6 is 0 Å². The van der Waals surface area contributed by atoms with Crippen molar-refractivity contribution in [3.8, 4) is 0 Å². The van der Waals surface area contributed by atoms with Crippen LogP contribution in [0, 0.1) is 0 Å². The standard InChI is InChI=1S/C18H13F17/c19-11(20,8-4-5-9-12(21,22)23)14(26,27)16(30,31)18(34,35)17(32,33)15(28,29)13(24,25)10-6-2-1-3-7-10/h1-3,6-7H,4-5,8-9H2. The fourth-order valence-electron chi connectivity index (χ4n) is 2.68. The second-order valence-electron chi connectivity index (χ2n) is 7.34. The Morgan fingerprint density at radius 3 is 1.23 bits per heavy atom. The minimum absolute atomic E-state index is 0.0238. The van der Waals surface area contributed by atoms with Gasteiger partial charge in [-0.2, -0.15) is 74.6 Å². The average molecular weight is 552 g/mol. The number of benzene rings is 1. The third-order valence-corrected chi connectivity index (χ3v) is 4.77. The van der Waals surface area contributed by atoms with E-state index in [0.29, 0.717) is 12.1 Å². The molecule has 0 radical (unpaired) electrons. The second-order valence-corrected chi connectivity index (χ2v) is 7.34. The van der Waals surface area contributed by atoms with Gasteiger partial charge >= 0.3 is 47.6 Å². The average Bonchev–Trinajstić information content (AvgIpc) is 2.70. The smallest absolute Gasteiger partial charge is 0.200 e. The summed E-state index contributed by atoms with van der Waals surface area (Å²) in [5, 5.41) is 0. The lowest BCUT2D eigenvalue weighted by atomic mass is 9.86. The molecule has 1 rings (SSSR count). The van der Waals surface area contributed by atoms with Crippen LogP contribution in [-0.2, 0) is 5.92 Å². The van der Waals surface area contributed by atoms with Crippen molar-refractivity contribution in [2.45, 2.75) is 73.3 Å². The van der Waals surface area contributed by atoms with E-state index in [9.17, 15) is 74.6 Å². The third kappa shape index (κ3) is 5.13. The molecule has 0 N–H and O–H groups in total. The maximum atomic E-state index is 13.9. The van der Waals surface area contributed by atoms with E-state index in [1.165, 1.54) is 0 Å². The number of hydrogen-bond donors (Lipinski definition) is 0. The van der Waals surface area contributed by atoms with Crippen LogP contribution in [-0.4, -0.2) is 41.7 Å². The van der Waals surface area contributed by atoms with Gasteiger partial charge in [-0.15, -0.1) is 0 Å². The SMILES string of the molecule is FC(F)(F)CCCCC(F)(F)C(F)(F)C(F)(F)C(F)(F)C(F)(F)C(F)(F)C(F)(F)c1ccccc1. The molecule has 0 saturated heterocycles. The topological polar surface area (TPSA) is 0 Å². The Kier molecular flexibility index (Phi) is 8.13. The highest BCUT2D eigenvalue weighted by Gasteiger charge is 2.92. The first-order valence-electron chi connectivity index (χ1n) is 9.08. The Balaban J connectivity index is 3.39. The van der Waals surface area contributed by atoms with E-state index in [4.69, 9.17) is 0 Å². The predicted molar refractivity (Wildman–Crippen MR) is 84.5 cm³/mol. The van der Waals surface area contributed by atoms with E-state index in [2.05, 4.69) is 0 Å². The predicted octanol–water partition coefficient (Wildman–Crippen LogP) is 8.71. The quantitative estimate of drug-likeness (QED) is 0.190. The Morgan fingerprint density at radius 1 is 0.429 bits per heavy atom. The molecular formula is C18H13F17. The van der Waals surface area contributed by atoms with Gasteiger partial charge in [0.1, 0.15) is 0 Å². The van der Waals surface area contributed by atoms with Gasteiger partial charge in [-0.05, 0) is 12.8 Å². The zero-order valence-electron chi connectivity index (χ0n) is 16.6. The van der Waals surface area contributed by atoms with Crippen molar-refractivity contribution in [1.82, 2.24) is 0 Å². The summed E-state index contributed by atoms with van der Waals surface area (Å²) in [6.07, 6.45) is -12.7. The van der Waals surface area contributed by atoms with Crippen LogP contribution in [0.1, 0.15) is 31.2 Å². The van der Waals surface area contributed by atoms with Crippen LogP contribution in [0.4, 0.5) is 74.6 Å². The summed E-state index contributed by atoms with van der Waals surface area (Å²) in [6.45, 7) is 0. The highest BCUT2D eigenvalue weighted by molar-refractivity contribution is 5.26. The molecule has 0 aliphatic carbocycles. The van der Waals surface area contributed by atoms with Gasteiger partial charge in [-0.25, -0.2) is 0 Å². The van der Waals surface area contributed by atoms with Crippen molar-refractivity contribution >= 4 is 0 Å². The molecule has 0 aliphatic heterocycles. The van der Waals surface area contributed by atoms with Gasteiger partial charge in [0.15, 0.2) is 0 Å². The lowest BCUT2D eigenvalue weighted by molar-refractivity contribution is -0.443. The minimum Gasteiger partial charge on any atom is -0.200 e. The lowest BCUT2D eigenvalue weighted by Gasteiger charge is -2.42. The molecule has 0 heterocycles. The zero-order chi connectivity index (χ0) is 27.9. The third-order valence-electron chi connectivity index (χ3n) is 4.77. The van der Waals surface area contributed by atoms with E-state index in [1.807, 2.05) is 0 Å². The first-order chi connectivity index (χ1) is 15.3. The zero-order valence-corrected chi connectivity index (χ0v) is 16.6. The van der Waals surface area contributed by atoms with Crippen molar-refractivity contribution in [2.24, 2.45) is 0 Å². The number of alkyl halides is 17.